The Kier molecular flexibility index (Phi) is 7.23. The van der Waals surface area contributed by atoms with E-state index < -0.39 is 0 Å². The first-order valence-corrected chi connectivity index (χ1v) is 6.74. The normalized spacial score (nSPS) is 17.3. The highest BCUT2D eigenvalue weighted by atomic mass is 16.1. The van der Waals surface area contributed by atoms with Crippen molar-refractivity contribution in [2.24, 2.45) is 5.92 Å². The van der Waals surface area contributed by atoms with E-state index in [1.165, 1.54) is 38.5 Å². The van der Waals surface area contributed by atoms with E-state index >= 15 is 0 Å². The molecular formula is C13H26N2O. The van der Waals surface area contributed by atoms with Gasteiger partial charge in [0.1, 0.15) is 0 Å². The summed E-state index contributed by atoms with van der Waals surface area (Å²) < 4.78 is 0. The maximum atomic E-state index is 11.4. The van der Waals surface area contributed by atoms with Gasteiger partial charge in [-0.2, -0.15) is 0 Å². The first-order valence-electron chi connectivity index (χ1n) is 6.74. The van der Waals surface area contributed by atoms with Crippen molar-refractivity contribution in [1.82, 2.24) is 10.6 Å². The van der Waals surface area contributed by atoms with Gasteiger partial charge in [0.2, 0.25) is 5.91 Å². The Morgan fingerprint density at radius 2 is 1.94 bits per heavy atom. The molecule has 1 aliphatic rings. The maximum Gasteiger partial charge on any atom is 0.220 e. The summed E-state index contributed by atoms with van der Waals surface area (Å²) >= 11 is 0. The highest BCUT2D eigenvalue weighted by Crippen LogP contribution is 2.27. The van der Waals surface area contributed by atoms with Crippen molar-refractivity contribution in [3.05, 3.63) is 0 Å². The zero-order chi connectivity index (χ0) is 11.6. The van der Waals surface area contributed by atoms with Gasteiger partial charge >= 0.3 is 0 Å². The molecule has 0 saturated heterocycles. The molecular weight excluding hydrogens is 200 g/mol. The van der Waals surface area contributed by atoms with Gasteiger partial charge in [0.05, 0.1) is 0 Å². The molecule has 0 radical (unpaired) electrons. The lowest BCUT2D eigenvalue weighted by Gasteiger charge is -2.21. The van der Waals surface area contributed by atoms with Crippen molar-refractivity contribution in [2.75, 3.05) is 20.1 Å². The monoisotopic (exact) mass is 226 g/mol. The number of carbonyl (C=O) groups is 1. The van der Waals surface area contributed by atoms with Gasteiger partial charge in [-0.3, -0.25) is 4.79 Å². The van der Waals surface area contributed by atoms with Crippen molar-refractivity contribution < 1.29 is 4.79 Å². The Morgan fingerprint density at radius 3 is 2.62 bits per heavy atom. The number of nitrogens with one attached hydrogen (secondary N) is 2. The number of carbonyl (C=O) groups excluding carboxylic acids is 1. The van der Waals surface area contributed by atoms with E-state index in [9.17, 15) is 4.79 Å². The molecule has 0 heterocycles. The first kappa shape index (κ1) is 13.5. The number of hydrogen-bond donors (Lipinski definition) is 2. The summed E-state index contributed by atoms with van der Waals surface area (Å²) in [5.41, 5.74) is 0. The minimum atomic E-state index is 0.214. The fourth-order valence-corrected chi connectivity index (χ4v) is 2.44. The van der Waals surface area contributed by atoms with Crippen LogP contribution in [0.3, 0.4) is 0 Å². The number of hydrogen-bond acceptors (Lipinski definition) is 2. The molecule has 1 rings (SSSR count). The lowest BCUT2D eigenvalue weighted by atomic mass is 9.86. The molecule has 0 unspecified atom stereocenters. The highest BCUT2D eigenvalue weighted by molar-refractivity contribution is 5.75. The molecule has 0 atom stereocenters. The van der Waals surface area contributed by atoms with E-state index in [0.717, 1.165) is 25.4 Å². The van der Waals surface area contributed by atoms with E-state index in [4.69, 9.17) is 0 Å². The summed E-state index contributed by atoms with van der Waals surface area (Å²) in [4.78, 5) is 11.4. The molecule has 0 aliphatic heterocycles. The van der Waals surface area contributed by atoms with E-state index in [0.29, 0.717) is 6.42 Å². The average molecular weight is 226 g/mol. The maximum absolute atomic E-state index is 11.4. The third-order valence-corrected chi connectivity index (χ3v) is 3.44. The largest absolute Gasteiger partial charge is 0.355 e. The molecule has 1 saturated carbocycles. The van der Waals surface area contributed by atoms with Crippen molar-refractivity contribution in [3.8, 4) is 0 Å². The van der Waals surface area contributed by atoms with E-state index in [1.807, 2.05) is 7.05 Å². The second-order valence-electron chi connectivity index (χ2n) is 4.85. The fraction of sp³-hybridized carbons (Fsp3) is 0.923. The Hall–Kier alpha value is -0.570. The lowest BCUT2D eigenvalue weighted by molar-refractivity contribution is -0.121. The predicted molar refractivity (Wildman–Crippen MR) is 67.4 cm³/mol. The van der Waals surface area contributed by atoms with Crippen LogP contribution in [0.5, 0.6) is 0 Å². The van der Waals surface area contributed by atoms with Crippen LogP contribution >= 0.6 is 0 Å². The van der Waals surface area contributed by atoms with E-state index in [1.54, 1.807) is 0 Å². The van der Waals surface area contributed by atoms with Crippen LogP contribution in [-0.2, 0) is 4.79 Å². The Morgan fingerprint density at radius 1 is 1.19 bits per heavy atom. The van der Waals surface area contributed by atoms with Crippen LogP contribution in [0.25, 0.3) is 0 Å². The van der Waals surface area contributed by atoms with E-state index in [2.05, 4.69) is 10.6 Å². The van der Waals surface area contributed by atoms with Crippen molar-refractivity contribution >= 4 is 5.91 Å². The third-order valence-electron chi connectivity index (χ3n) is 3.44. The van der Waals surface area contributed by atoms with Crippen LogP contribution in [0.1, 0.15) is 51.4 Å². The summed E-state index contributed by atoms with van der Waals surface area (Å²) in [6.45, 7) is 1.60. The van der Waals surface area contributed by atoms with E-state index in [-0.39, 0.29) is 5.91 Å². The Balaban J connectivity index is 1.94. The van der Waals surface area contributed by atoms with Crippen LogP contribution in [0.2, 0.25) is 0 Å². The molecule has 94 valence electrons. The molecule has 0 aromatic heterocycles. The smallest absolute Gasteiger partial charge is 0.220 e. The molecule has 0 bridgehead atoms. The summed E-state index contributed by atoms with van der Waals surface area (Å²) in [6, 6.07) is 0. The van der Waals surface area contributed by atoms with Gasteiger partial charge in [0, 0.05) is 19.5 Å². The Bertz CT molecular complexity index is 188. The van der Waals surface area contributed by atoms with Crippen LogP contribution < -0.4 is 10.6 Å². The number of amides is 1. The molecule has 1 aliphatic carbocycles. The molecule has 2 N–H and O–H groups in total. The van der Waals surface area contributed by atoms with Gasteiger partial charge < -0.3 is 10.6 Å². The SMILES string of the molecule is CNCCNC(=O)CCCC1CCCCC1. The van der Waals surface area contributed by atoms with Crippen LogP contribution in [0.15, 0.2) is 0 Å². The summed E-state index contributed by atoms with van der Waals surface area (Å²) in [7, 11) is 1.90. The molecule has 0 aromatic carbocycles. The predicted octanol–water partition coefficient (Wildman–Crippen LogP) is 2.07. The van der Waals surface area contributed by atoms with Gasteiger partial charge in [-0.1, -0.05) is 32.1 Å². The van der Waals surface area contributed by atoms with Gasteiger partial charge in [0.15, 0.2) is 0 Å². The molecule has 1 amide bonds. The zero-order valence-electron chi connectivity index (χ0n) is 10.6. The van der Waals surface area contributed by atoms with Crippen LogP contribution in [0, 0.1) is 5.92 Å². The Labute approximate surface area is 99.4 Å². The van der Waals surface area contributed by atoms with Crippen molar-refractivity contribution in [3.63, 3.8) is 0 Å². The fourth-order valence-electron chi connectivity index (χ4n) is 2.44. The first-order chi connectivity index (χ1) is 7.83. The molecule has 16 heavy (non-hydrogen) atoms. The molecule has 0 aromatic rings. The van der Waals surface area contributed by atoms with Gasteiger partial charge in [-0.05, 0) is 25.8 Å². The molecule has 1 fully saturated rings. The van der Waals surface area contributed by atoms with Crippen LogP contribution in [0.4, 0.5) is 0 Å². The van der Waals surface area contributed by atoms with Gasteiger partial charge in [-0.15, -0.1) is 0 Å². The quantitative estimate of drug-likeness (QED) is 0.653. The zero-order valence-corrected chi connectivity index (χ0v) is 10.6. The number of rotatable bonds is 7. The minimum Gasteiger partial charge on any atom is -0.355 e. The molecule has 3 heteroatoms. The second kappa shape index (κ2) is 8.57. The number of likely N-dealkylation sites (N-methyl/N-ethyl adjacent to an activating group) is 1. The average Bonchev–Trinajstić information content (AvgIpc) is 2.31. The van der Waals surface area contributed by atoms with Gasteiger partial charge in [0.25, 0.3) is 0 Å². The second-order valence-corrected chi connectivity index (χ2v) is 4.85. The standard InChI is InChI=1S/C13H26N2O/c1-14-10-11-15-13(16)9-5-8-12-6-3-2-4-7-12/h12,14H,2-11H2,1H3,(H,15,16). The van der Waals surface area contributed by atoms with Crippen molar-refractivity contribution in [2.45, 2.75) is 51.4 Å². The lowest BCUT2D eigenvalue weighted by Crippen LogP contribution is -2.30. The van der Waals surface area contributed by atoms with Gasteiger partial charge in [-0.25, -0.2) is 0 Å². The molecule has 0 spiro atoms. The molecule has 3 nitrogen and oxygen atoms in total. The summed E-state index contributed by atoms with van der Waals surface area (Å²) in [5, 5.41) is 5.94. The minimum absolute atomic E-state index is 0.214. The van der Waals surface area contributed by atoms with Crippen molar-refractivity contribution in [1.29, 1.82) is 0 Å². The third kappa shape index (κ3) is 6.11. The highest BCUT2D eigenvalue weighted by Gasteiger charge is 2.13. The summed E-state index contributed by atoms with van der Waals surface area (Å²) in [5.74, 6) is 1.12. The topological polar surface area (TPSA) is 41.1 Å². The summed E-state index contributed by atoms with van der Waals surface area (Å²) in [6.07, 6.45) is 10.0. The van der Waals surface area contributed by atoms with Crippen LogP contribution in [-0.4, -0.2) is 26.0 Å².